The molecule has 35 heavy (non-hydrogen) atoms. The fraction of sp³-hybridized carbons (Fsp3) is 0.423. The van der Waals surface area contributed by atoms with Crippen molar-refractivity contribution in [2.24, 2.45) is 0 Å². The zero-order valence-electron chi connectivity index (χ0n) is 20.3. The summed E-state index contributed by atoms with van der Waals surface area (Å²) in [4.78, 5) is 26.3. The van der Waals surface area contributed by atoms with E-state index in [1.807, 2.05) is 50.0 Å². The summed E-state index contributed by atoms with van der Waals surface area (Å²) in [5.74, 6) is -0.252. The number of hydrogen-bond donors (Lipinski definition) is 2. The van der Waals surface area contributed by atoms with Gasteiger partial charge in [-0.1, -0.05) is 19.9 Å². The molecule has 5 rings (SSSR count). The normalized spacial score (nSPS) is 15.5. The van der Waals surface area contributed by atoms with Crippen molar-refractivity contribution < 1.29 is 9.23 Å². The Morgan fingerprint density at radius 1 is 1.17 bits per heavy atom. The van der Waals surface area contributed by atoms with Crippen molar-refractivity contribution in [2.45, 2.75) is 58.6 Å². The molecule has 4 aromatic rings. The summed E-state index contributed by atoms with van der Waals surface area (Å²) in [6, 6.07) is 7.36. The molecule has 1 fully saturated rings. The summed E-state index contributed by atoms with van der Waals surface area (Å²) >= 11 is 0. The van der Waals surface area contributed by atoms with Crippen LogP contribution in [0.1, 0.15) is 62.4 Å². The van der Waals surface area contributed by atoms with E-state index in [0.29, 0.717) is 29.2 Å². The highest BCUT2D eigenvalue weighted by molar-refractivity contribution is 5.75. The van der Waals surface area contributed by atoms with Crippen molar-refractivity contribution in [1.29, 1.82) is 0 Å². The van der Waals surface area contributed by atoms with Gasteiger partial charge in [0.2, 0.25) is 0 Å². The fourth-order valence-electron chi connectivity index (χ4n) is 5.05. The second-order valence-electron chi connectivity index (χ2n) is 9.03. The quantitative estimate of drug-likeness (QED) is 0.420. The van der Waals surface area contributed by atoms with Crippen molar-refractivity contribution >= 4 is 11.2 Å². The number of nitrogens with one attached hydrogen (secondary N) is 2. The molecule has 1 unspecified atom stereocenters. The van der Waals surface area contributed by atoms with Crippen molar-refractivity contribution in [2.75, 3.05) is 13.1 Å². The van der Waals surface area contributed by atoms with Crippen molar-refractivity contribution in [3.05, 3.63) is 69.7 Å². The number of imidazole rings is 1. The van der Waals surface area contributed by atoms with Gasteiger partial charge in [0.15, 0.2) is 5.65 Å². The molecular formula is C26H31FN6O2. The molecule has 184 valence electrons. The second kappa shape index (κ2) is 9.65. The molecule has 0 radical (unpaired) electrons. The molecule has 0 amide bonds. The largest absolute Gasteiger partial charge is 0.401 e. The van der Waals surface area contributed by atoms with Gasteiger partial charge in [-0.3, -0.25) is 9.67 Å². The number of halogens is 1. The summed E-state index contributed by atoms with van der Waals surface area (Å²) in [6.07, 6.45) is 6.69. The Bertz CT molecular complexity index is 1400. The van der Waals surface area contributed by atoms with Crippen LogP contribution in [0.2, 0.25) is 0 Å². The SMILES string of the molecule is CCc1ccc(F)c(CC)c1C(C)On1c(=O)[nH]c2nc(-c3cnn(C4CCNCC4)c3)ccc21. The van der Waals surface area contributed by atoms with Gasteiger partial charge in [0, 0.05) is 17.3 Å². The number of benzene rings is 1. The molecule has 3 aromatic heterocycles. The lowest BCUT2D eigenvalue weighted by Crippen LogP contribution is -2.29. The van der Waals surface area contributed by atoms with Crippen LogP contribution in [0.15, 0.2) is 41.5 Å². The molecular weight excluding hydrogens is 447 g/mol. The first-order chi connectivity index (χ1) is 17.0. The lowest BCUT2D eigenvalue weighted by Gasteiger charge is -2.22. The highest BCUT2D eigenvalue weighted by Crippen LogP contribution is 2.28. The number of rotatable bonds is 7. The second-order valence-corrected chi connectivity index (χ2v) is 9.03. The molecule has 9 heteroatoms. The Morgan fingerprint density at radius 3 is 2.71 bits per heavy atom. The predicted octanol–water partition coefficient (Wildman–Crippen LogP) is 3.97. The van der Waals surface area contributed by atoms with E-state index in [2.05, 4.69) is 20.4 Å². The van der Waals surface area contributed by atoms with E-state index < -0.39 is 11.8 Å². The molecule has 1 aliphatic rings. The van der Waals surface area contributed by atoms with Crippen LogP contribution in [0, 0.1) is 5.82 Å². The summed E-state index contributed by atoms with van der Waals surface area (Å²) < 4.78 is 17.7. The highest BCUT2D eigenvalue weighted by atomic mass is 19.1. The third kappa shape index (κ3) is 4.36. The number of aromatic nitrogens is 5. The summed E-state index contributed by atoms with van der Waals surface area (Å²) in [5.41, 5.74) is 4.59. The first-order valence-corrected chi connectivity index (χ1v) is 12.3. The minimum absolute atomic E-state index is 0.252. The smallest absolute Gasteiger partial charge is 0.360 e. The molecule has 0 spiro atoms. The van der Waals surface area contributed by atoms with E-state index in [9.17, 15) is 9.18 Å². The van der Waals surface area contributed by atoms with Crippen LogP contribution in [0.3, 0.4) is 0 Å². The van der Waals surface area contributed by atoms with Crippen molar-refractivity contribution in [1.82, 2.24) is 29.8 Å². The predicted molar refractivity (Wildman–Crippen MR) is 133 cm³/mol. The Kier molecular flexibility index (Phi) is 6.42. The molecule has 2 N–H and O–H groups in total. The van der Waals surface area contributed by atoms with E-state index in [1.165, 1.54) is 10.8 Å². The highest BCUT2D eigenvalue weighted by Gasteiger charge is 2.22. The van der Waals surface area contributed by atoms with Crippen LogP contribution in [-0.2, 0) is 12.8 Å². The number of nitrogens with zero attached hydrogens (tertiary/aromatic N) is 4. The molecule has 4 heterocycles. The molecule has 1 aromatic carbocycles. The molecule has 8 nitrogen and oxygen atoms in total. The number of piperidine rings is 1. The van der Waals surface area contributed by atoms with Crippen LogP contribution in [0.25, 0.3) is 22.4 Å². The number of hydrogen-bond acceptors (Lipinski definition) is 5. The van der Waals surface area contributed by atoms with Crippen molar-refractivity contribution in [3.63, 3.8) is 0 Å². The average Bonchev–Trinajstić information content (AvgIpc) is 3.49. The van der Waals surface area contributed by atoms with Gasteiger partial charge in [-0.05, 0) is 75.0 Å². The lowest BCUT2D eigenvalue weighted by molar-refractivity contribution is 0.0480. The number of H-pyrrole nitrogens is 1. The molecule has 1 atom stereocenters. The molecule has 1 aliphatic heterocycles. The zero-order chi connectivity index (χ0) is 24.5. The first kappa shape index (κ1) is 23.3. The van der Waals surface area contributed by atoms with Crippen LogP contribution in [-0.4, -0.2) is 37.6 Å². The van der Waals surface area contributed by atoms with E-state index >= 15 is 0 Å². The van der Waals surface area contributed by atoms with E-state index in [-0.39, 0.29) is 5.82 Å². The molecule has 0 aliphatic carbocycles. The zero-order valence-corrected chi connectivity index (χ0v) is 20.3. The number of fused-ring (bicyclic) bond motifs is 1. The summed E-state index contributed by atoms with van der Waals surface area (Å²) in [6.45, 7) is 7.78. The van der Waals surface area contributed by atoms with E-state index in [4.69, 9.17) is 4.84 Å². The first-order valence-electron chi connectivity index (χ1n) is 12.3. The molecule has 1 saturated heterocycles. The number of pyridine rings is 1. The van der Waals surface area contributed by atoms with Gasteiger partial charge in [-0.2, -0.15) is 5.10 Å². The Morgan fingerprint density at radius 2 is 1.97 bits per heavy atom. The van der Waals surface area contributed by atoms with Crippen LogP contribution in [0.4, 0.5) is 4.39 Å². The average molecular weight is 479 g/mol. The number of aromatic amines is 1. The number of aryl methyl sites for hydroxylation is 1. The third-order valence-electron chi connectivity index (χ3n) is 6.88. The summed E-state index contributed by atoms with van der Waals surface area (Å²) in [7, 11) is 0. The lowest BCUT2D eigenvalue weighted by atomic mass is 9.93. The van der Waals surface area contributed by atoms with E-state index in [1.54, 1.807) is 6.07 Å². The van der Waals surface area contributed by atoms with Crippen LogP contribution >= 0.6 is 0 Å². The maximum Gasteiger partial charge on any atom is 0.360 e. The minimum atomic E-state index is -0.518. The maximum absolute atomic E-state index is 14.5. The van der Waals surface area contributed by atoms with Gasteiger partial charge in [0.05, 0.1) is 17.9 Å². The monoisotopic (exact) mass is 478 g/mol. The Hall–Kier alpha value is -3.46. The minimum Gasteiger partial charge on any atom is -0.401 e. The van der Waals surface area contributed by atoms with Gasteiger partial charge < -0.3 is 10.2 Å². The Labute approximate surface area is 203 Å². The fourth-order valence-corrected chi connectivity index (χ4v) is 5.05. The molecule has 0 saturated carbocycles. The van der Waals surface area contributed by atoms with E-state index in [0.717, 1.165) is 54.7 Å². The maximum atomic E-state index is 14.5. The third-order valence-corrected chi connectivity index (χ3v) is 6.88. The van der Waals surface area contributed by atoms with Crippen LogP contribution < -0.4 is 15.8 Å². The topological polar surface area (TPSA) is 89.8 Å². The van der Waals surface area contributed by atoms with Gasteiger partial charge in [0.25, 0.3) is 0 Å². The van der Waals surface area contributed by atoms with Gasteiger partial charge in [-0.15, -0.1) is 4.73 Å². The van der Waals surface area contributed by atoms with Gasteiger partial charge >= 0.3 is 5.69 Å². The van der Waals surface area contributed by atoms with Crippen molar-refractivity contribution in [3.8, 4) is 11.3 Å². The Balaban J connectivity index is 1.45. The molecule has 0 bridgehead atoms. The summed E-state index contributed by atoms with van der Waals surface area (Å²) in [5, 5.41) is 7.92. The van der Waals surface area contributed by atoms with Gasteiger partial charge in [0.1, 0.15) is 17.4 Å². The standard InChI is InChI=1S/C26H31FN6O2/c1-4-17-6-7-21(27)20(5-2)24(17)16(3)35-33-23-9-8-22(30-25(23)31-26(33)34)18-14-29-32(15-18)19-10-12-28-13-11-19/h6-9,14-16,19,28H,4-5,10-13H2,1-3H3,(H,30,31,34). The van der Waals surface area contributed by atoms with Crippen LogP contribution in [0.5, 0.6) is 0 Å². The van der Waals surface area contributed by atoms with Gasteiger partial charge in [-0.25, -0.2) is 14.2 Å².